The first kappa shape index (κ1) is 31.6. The first-order valence-electron chi connectivity index (χ1n) is 16.2. The highest BCUT2D eigenvalue weighted by molar-refractivity contribution is 6.00. The molecule has 0 atom stereocenters. The van der Waals surface area contributed by atoms with Crippen molar-refractivity contribution in [2.75, 3.05) is 100 Å². The van der Waals surface area contributed by atoms with Crippen molar-refractivity contribution >= 4 is 35.2 Å². The summed E-state index contributed by atoms with van der Waals surface area (Å²) in [5.74, 6) is 1.96. The molecule has 244 valence electrons. The van der Waals surface area contributed by atoms with E-state index in [1.807, 2.05) is 29.2 Å². The molecule has 0 bridgehead atoms. The number of nitrogens with zero attached hydrogens (tertiary/aromatic N) is 7. The third kappa shape index (κ3) is 7.90. The fourth-order valence-electron chi connectivity index (χ4n) is 6.04. The Hall–Kier alpha value is -4.33. The van der Waals surface area contributed by atoms with E-state index in [1.165, 1.54) is 0 Å². The predicted molar refractivity (Wildman–Crippen MR) is 180 cm³/mol. The second-order valence-electron chi connectivity index (χ2n) is 12.2. The molecule has 1 aromatic heterocycles. The second-order valence-corrected chi connectivity index (χ2v) is 12.2. The molecule has 3 amide bonds. The zero-order valence-corrected chi connectivity index (χ0v) is 26.7. The molecule has 0 radical (unpaired) electrons. The normalized spacial score (nSPS) is 17.9. The van der Waals surface area contributed by atoms with Gasteiger partial charge in [-0.05, 0) is 88.4 Å². The Morgan fingerprint density at radius 2 is 1.39 bits per heavy atom. The summed E-state index contributed by atoms with van der Waals surface area (Å²) in [6.45, 7) is 7.84. The molecule has 2 aromatic carbocycles. The lowest BCUT2D eigenvalue weighted by atomic mass is 10.0. The topological polar surface area (TPSA) is 131 Å². The van der Waals surface area contributed by atoms with E-state index in [4.69, 9.17) is 19.7 Å². The van der Waals surface area contributed by atoms with Crippen molar-refractivity contribution in [3.05, 3.63) is 54.1 Å². The van der Waals surface area contributed by atoms with Crippen molar-refractivity contribution < 1.29 is 14.3 Å². The third-order valence-electron chi connectivity index (χ3n) is 8.80. The van der Waals surface area contributed by atoms with E-state index >= 15 is 0 Å². The Labute approximate surface area is 270 Å². The number of nitrogens with one attached hydrogen (secondary N) is 3. The van der Waals surface area contributed by atoms with Crippen LogP contribution in [0.3, 0.4) is 0 Å². The molecular weight excluding hydrogens is 584 g/mol. The number of rotatable bonds is 7. The second kappa shape index (κ2) is 14.8. The van der Waals surface area contributed by atoms with E-state index in [1.54, 1.807) is 24.3 Å². The smallest absolute Gasteiger partial charge is 0.323 e. The average molecular weight is 629 g/mol. The molecular formula is C33H44N10O3. The number of aromatic nitrogens is 3. The van der Waals surface area contributed by atoms with Gasteiger partial charge in [-0.1, -0.05) is 0 Å². The highest BCUT2D eigenvalue weighted by atomic mass is 16.5. The number of morpholine rings is 1. The monoisotopic (exact) mass is 628 g/mol. The molecule has 3 aliphatic heterocycles. The summed E-state index contributed by atoms with van der Waals surface area (Å²) in [6.07, 6.45) is 2.97. The summed E-state index contributed by atoms with van der Waals surface area (Å²) < 4.78 is 5.54. The van der Waals surface area contributed by atoms with E-state index in [2.05, 4.69) is 44.7 Å². The van der Waals surface area contributed by atoms with E-state index in [9.17, 15) is 9.59 Å². The van der Waals surface area contributed by atoms with Gasteiger partial charge in [-0.25, -0.2) is 4.79 Å². The largest absolute Gasteiger partial charge is 0.378 e. The SMILES string of the molecule is CN(C)C1CCN(C(=O)c2ccc(NC(=O)Nc3ccc(-c4nc(N5CCCNCC5)nc(N5CCOCC5)n4)cc3)cc2)CC1. The van der Waals surface area contributed by atoms with Gasteiger partial charge in [0.15, 0.2) is 5.82 Å². The van der Waals surface area contributed by atoms with Crippen molar-refractivity contribution in [3.8, 4) is 11.4 Å². The van der Waals surface area contributed by atoms with Crippen LogP contribution in [0.25, 0.3) is 11.4 Å². The zero-order valence-electron chi connectivity index (χ0n) is 26.7. The summed E-state index contributed by atoms with van der Waals surface area (Å²) >= 11 is 0. The van der Waals surface area contributed by atoms with Crippen molar-refractivity contribution in [3.63, 3.8) is 0 Å². The van der Waals surface area contributed by atoms with Gasteiger partial charge in [-0.3, -0.25) is 4.79 Å². The molecule has 0 aliphatic carbocycles. The van der Waals surface area contributed by atoms with E-state index < -0.39 is 0 Å². The highest BCUT2D eigenvalue weighted by Crippen LogP contribution is 2.24. The van der Waals surface area contributed by atoms with Gasteiger partial charge in [0.1, 0.15) is 0 Å². The Morgan fingerprint density at radius 1 is 0.783 bits per heavy atom. The first-order valence-corrected chi connectivity index (χ1v) is 16.2. The lowest BCUT2D eigenvalue weighted by molar-refractivity contribution is 0.0663. The number of anilines is 4. The Bertz CT molecular complexity index is 1460. The highest BCUT2D eigenvalue weighted by Gasteiger charge is 2.25. The van der Waals surface area contributed by atoms with Crippen LogP contribution in [0.5, 0.6) is 0 Å². The number of carbonyl (C=O) groups is 2. The van der Waals surface area contributed by atoms with Gasteiger partial charge in [0.2, 0.25) is 11.9 Å². The number of amides is 3. The quantitative estimate of drug-likeness (QED) is 0.359. The molecule has 46 heavy (non-hydrogen) atoms. The molecule has 6 rings (SSSR count). The maximum absolute atomic E-state index is 13.0. The number of ether oxygens (including phenoxy) is 1. The third-order valence-corrected chi connectivity index (χ3v) is 8.80. The predicted octanol–water partition coefficient (Wildman–Crippen LogP) is 2.99. The van der Waals surface area contributed by atoms with Crippen molar-refractivity contribution in [2.45, 2.75) is 25.3 Å². The van der Waals surface area contributed by atoms with E-state index in [0.717, 1.165) is 77.2 Å². The summed E-state index contributed by atoms with van der Waals surface area (Å²) in [5, 5.41) is 9.17. The summed E-state index contributed by atoms with van der Waals surface area (Å²) in [6, 6.07) is 14.7. The van der Waals surface area contributed by atoms with Crippen LogP contribution in [0.1, 0.15) is 29.6 Å². The Morgan fingerprint density at radius 3 is 2.02 bits per heavy atom. The zero-order chi connectivity index (χ0) is 31.9. The molecule has 3 aliphatic rings. The number of carbonyl (C=O) groups excluding carboxylic acids is 2. The lowest BCUT2D eigenvalue weighted by Gasteiger charge is -2.35. The summed E-state index contributed by atoms with van der Waals surface area (Å²) in [7, 11) is 4.17. The molecule has 3 saturated heterocycles. The van der Waals surface area contributed by atoms with Gasteiger partial charge < -0.3 is 40.3 Å². The molecule has 0 saturated carbocycles. The summed E-state index contributed by atoms with van der Waals surface area (Å²) in [5.41, 5.74) is 2.70. The maximum atomic E-state index is 13.0. The molecule has 0 unspecified atom stereocenters. The van der Waals surface area contributed by atoms with E-state index in [0.29, 0.717) is 53.9 Å². The number of hydrogen-bond acceptors (Lipinski definition) is 10. The van der Waals surface area contributed by atoms with Gasteiger partial charge in [0.05, 0.1) is 13.2 Å². The Balaban J connectivity index is 1.08. The summed E-state index contributed by atoms with van der Waals surface area (Å²) in [4.78, 5) is 48.8. The number of piperidine rings is 1. The lowest BCUT2D eigenvalue weighted by Crippen LogP contribution is -2.44. The van der Waals surface area contributed by atoms with Crippen LogP contribution in [0.15, 0.2) is 48.5 Å². The van der Waals surface area contributed by atoms with Crippen LogP contribution in [0, 0.1) is 0 Å². The maximum Gasteiger partial charge on any atom is 0.323 e. The van der Waals surface area contributed by atoms with Gasteiger partial charge in [-0.2, -0.15) is 15.0 Å². The average Bonchev–Trinajstić information content (AvgIpc) is 3.39. The van der Waals surface area contributed by atoms with Gasteiger partial charge in [-0.15, -0.1) is 0 Å². The fourth-order valence-corrected chi connectivity index (χ4v) is 6.04. The molecule has 0 spiro atoms. The molecule has 13 heteroatoms. The Kier molecular flexibility index (Phi) is 10.2. The van der Waals surface area contributed by atoms with Crippen molar-refractivity contribution in [2.24, 2.45) is 0 Å². The van der Waals surface area contributed by atoms with Gasteiger partial charge in [0, 0.05) is 74.4 Å². The number of hydrogen-bond donors (Lipinski definition) is 3. The molecule has 4 heterocycles. The van der Waals surface area contributed by atoms with Crippen LogP contribution in [0.2, 0.25) is 0 Å². The minimum absolute atomic E-state index is 0.0269. The van der Waals surface area contributed by atoms with Gasteiger partial charge >= 0.3 is 6.03 Å². The van der Waals surface area contributed by atoms with Crippen LogP contribution < -0.4 is 25.8 Å². The molecule has 3 N–H and O–H groups in total. The number of likely N-dealkylation sites (tertiary alicyclic amines) is 1. The minimum atomic E-state index is -0.371. The number of urea groups is 1. The van der Waals surface area contributed by atoms with Gasteiger partial charge in [0.25, 0.3) is 5.91 Å². The molecule has 3 aromatic rings. The van der Waals surface area contributed by atoms with Crippen LogP contribution in [0.4, 0.5) is 28.1 Å². The first-order chi connectivity index (χ1) is 22.4. The molecule has 13 nitrogen and oxygen atoms in total. The number of benzene rings is 2. The molecule has 3 fully saturated rings. The van der Waals surface area contributed by atoms with E-state index in [-0.39, 0.29) is 11.9 Å². The fraction of sp³-hybridized carbons (Fsp3) is 0.485. The van der Waals surface area contributed by atoms with Crippen molar-refractivity contribution in [1.29, 1.82) is 0 Å². The van der Waals surface area contributed by atoms with Crippen molar-refractivity contribution in [1.82, 2.24) is 30.1 Å². The van der Waals surface area contributed by atoms with Crippen LogP contribution in [-0.2, 0) is 4.74 Å². The minimum Gasteiger partial charge on any atom is -0.378 e. The van der Waals surface area contributed by atoms with Crippen LogP contribution in [-0.4, -0.2) is 122 Å². The standard InChI is InChI=1S/C33H44N10O3/c1-40(2)28-12-17-41(18-13-28)30(44)25-6-10-27(11-7-25)36-33(45)35-26-8-4-24(5-9-26)29-37-31(42-16-3-14-34-15-19-42)39-32(38-29)43-20-22-46-23-21-43/h4-11,28,34H,3,12-23H2,1-2H3,(H2,35,36,45). The van der Waals surface area contributed by atoms with Crippen LogP contribution >= 0.6 is 0 Å².